The molecule has 0 fully saturated rings. The fourth-order valence-corrected chi connectivity index (χ4v) is 4.17. The molecule has 1 atom stereocenters. The highest BCUT2D eigenvalue weighted by Gasteiger charge is 2.11. The van der Waals surface area contributed by atoms with Crippen molar-refractivity contribution in [1.82, 2.24) is 10.3 Å². The minimum Gasteiger partial charge on any atom is -0.356 e. The molecule has 0 aliphatic carbocycles. The lowest BCUT2D eigenvalue weighted by Gasteiger charge is -2.18. The van der Waals surface area contributed by atoms with Gasteiger partial charge in [-0.2, -0.15) is 0 Å². The standard InChI is InChI=1S/C20H17N3S2/c1-13(15-10-6-8-14-7-2-3-9-16(14)15)21-19(24)23-20-22-17-11-4-5-12-18(17)25-20/h2-13H,1H3,(H2,21,22,23,24)/t13-/m0/s1. The van der Waals surface area contributed by atoms with Gasteiger partial charge in [0.15, 0.2) is 10.2 Å². The summed E-state index contributed by atoms with van der Waals surface area (Å²) in [4.78, 5) is 4.56. The molecule has 0 amide bonds. The van der Waals surface area contributed by atoms with Crippen molar-refractivity contribution in [2.45, 2.75) is 13.0 Å². The molecule has 1 heterocycles. The first kappa shape index (κ1) is 16.0. The van der Waals surface area contributed by atoms with Gasteiger partial charge >= 0.3 is 0 Å². The van der Waals surface area contributed by atoms with Gasteiger partial charge in [-0.25, -0.2) is 4.98 Å². The van der Waals surface area contributed by atoms with Gasteiger partial charge in [0.1, 0.15) is 0 Å². The molecule has 25 heavy (non-hydrogen) atoms. The highest BCUT2D eigenvalue weighted by Crippen LogP contribution is 2.26. The zero-order chi connectivity index (χ0) is 17.2. The first-order chi connectivity index (χ1) is 12.2. The molecule has 0 unspecified atom stereocenters. The molecular formula is C20H17N3S2. The molecule has 0 spiro atoms. The lowest BCUT2D eigenvalue weighted by molar-refractivity contribution is 0.729. The number of anilines is 1. The molecule has 3 aromatic carbocycles. The summed E-state index contributed by atoms with van der Waals surface area (Å²) in [7, 11) is 0. The zero-order valence-corrected chi connectivity index (χ0v) is 15.3. The Labute approximate surface area is 155 Å². The maximum Gasteiger partial charge on any atom is 0.190 e. The fourth-order valence-electron chi connectivity index (χ4n) is 2.96. The molecule has 0 radical (unpaired) electrons. The number of benzene rings is 3. The highest BCUT2D eigenvalue weighted by molar-refractivity contribution is 7.80. The minimum atomic E-state index is 0.0977. The van der Waals surface area contributed by atoms with Crippen molar-refractivity contribution in [1.29, 1.82) is 0 Å². The van der Waals surface area contributed by atoms with E-state index in [1.165, 1.54) is 16.3 Å². The van der Waals surface area contributed by atoms with E-state index in [0.29, 0.717) is 5.11 Å². The van der Waals surface area contributed by atoms with Gasteiger partial charge in [0, 0.05) is 0 Å². The Morgan fingerprint density at radius 1 is 1.00 bits per heavy atom. The number of thiazole rings is 1. The van der Waals surface area contributed by atoms with E-state index in [9.17, 15) is 0 Å². The van der Waals surface area contributed by atoms with Crippen LogP contribution in [0.15, 0.2) is 66.7 Å². The number of thiocarbonyl (C=S) groups is 1. The van der Waals surface area contributed by atoms with Crippen LogP contribution in [0.5, 0.6) is 0 Å². The van der Waals surface area contributed by atoms with Crippen LogP contribution in [-0.2, 0) is 0 Å². The van der Waals surface area contributed by atoms with Crippen LogP contribution < -0.4 is 10.6 Å². The SMILES string of the molecule is C[C@H](NC(=S)Nc1nc2ccccc2s1)c1cccc2ccccc12. The summed E-state index contributed by atoms with van der Waals surface area (Å²) in [6.45, 7) is 2.12. The number of para-hydroxylation sites is 1. The van der Waals surface area contributed by atoms with E-state index in [-0.39, 0.29) is 6.04 Å². The van der Waals surface area contributed by atoms with Crippen molar-refractivity contribution < 1.29 is 0 Å². The van der Waals surface area contributed by atoms with Gasteiger partial charge in [-0.15, -0.1) is 0 Å². The van der Waals surface area contributed by atoms with Crippen LogP contribution in [0.1, 0.15) is 18.5 Å². The molecule has 0 saturated carbocycles. The summed E-state index contributed by atoms with van der Waals surface area (Å²) in [5.74, 6) is 0. The number of rotatable bonds is 3. The van der Waals surface area contributed by atoms with Crippen molar-refractivity contribution >= 4 is 54.8 Å². The second kappa shape index (κ2) is 6.78. The van der Waals surface area contributed by atoms with Crippen LogP contribution in [0.25, 0.3) is 21.0 Å². The van der Waals surface area contributed by atoms with E-state index in [1.807, 2.05) is 18.2 Å². The third kappa shape index (κ3) is 3.34. The van der Waals surface area contributed by atoms with E-state index < -0.39 is 0 Å². The molecule has 124 valence electrons. The molecule has 0 aliphatic rings. The van der Waals surface area contributed by atoms with E-state index in [0.717, 1.165) is 15.3 Å². The largest absolute Gasteiger partial charge is 0.356 e. The van der Waals surface area contributed by atoms with Crippen molar-refractivity contribution in [3.05, 3.63) is 72.3 Å². The van der Waals surface area contributed by atoms with E-state index in [4.69, 9.17) is 12.2 Å². The third-order valence-corrected chi connectivity index (χ3v) is 5.32. The first-order valence-electron chi connectivity index (χ1n) is 8.11. The van der Waals surface area contributed by atoms with Gasteiger partial charge in [-0.05, 0) is 47.6 Å². The van der Waals surface area contributed by atoms with Crippen LogP contribution in [0.4, 0.5) is 5.13 Å². The number of nitrogens with zero attached hydrogens (tertiary/aromatic N) is 1. The van der Waals surface area contributed by atoms with Crippen LogP contribution in [0.2, 0.25) is 0 Å². The van der Waals surface area contributed by atoms with Gasteiger partial charge in [-0.3, -0.25) is 0 Å². The Balaban J connectivity index is 1.51. The van der Waals surface area contributed by atoms with E-state index in [2.05, 4.69) is 71.1 Å². The van der Waals surface area contributed by atoms with Crippen LogP contribution in [-0.4, -0.2) is 10.1 Å². The predicted octanol–water partition coefficient (Wildman–Crippen LogP) is 5.50. The third-order valence-electron chi connectivity index (χ3n) is 4.15. The summed E-state index contributed by atoms with van der Waals surface area (Å²) in [5, 5.41) is 10.4. The quantitative estimate of drug-likeness (QED) is 0.472. The zero-order valence-electron chi connectivity index (χ0n) is 13.7. The first-order valence-corrected chi connectivity index (χ1v) is 9.34. The van der Waals surface area contributed by atoms with E-state index >= 15 is 0 Å². The predicted molar refractivity (Wildman–Crippen MR) is 111 cm³/mol. The molecule has 0 saturated heterocycles. The van der Waals surface area contributed by atoms with Crippen molar-refractivity contribution in [2.75, 3.05) is 5.32 Å². The summed E-state index contributed by atoms with van der Waals surface area (Å²) in [5.41, 5.74) is 2.21. The lowest BCUT2D eigenvalue weighted by Crippen LogP contribution is -2.30. The second-order valence-corrected chi connectivity index (χ2v) is 7.31. The Hall–Kier alpha value is -2.50. The number of aromatic nitrogens is 1. The van der Waals surface area contributed by atoms with E-state index in [1.54, 1.807) is 11.3 Å². The fraction of sp³-hybridized carbons (Fsp3) is 0.100. The number of fused-ring (bicyclic) bond motifs is 2. The summed E-state index contributed by atoms with van der Waals surface area (Å²) in [6, 6.07) is 22.9. The topological polar surface area (TPSA) is 37.0 Å². The Kier molecular flexibility index (Phi) is 4.34. The molecule has 4 aromatic rings. The van der Waals surface area contributed by atoms with Gasteiger partial charge in [0.2, 0.25) is 0 Å². The van der Waals surface area contributed by atoms with Crippen molar-refractivity contribution in [3.8, 4) is 0 Å². The molecule has 0 bridgehead atoms. The molecule has 4 rings (SSSR count). The smallest absolute Gasteiger partial charge is 0.190 e. The summed E-state index contributed by atoms with van der Waals surface area (Å²) < 4.78 is 1.15. The molecular weight excluding hydrogens is 346 g/mol. The second-order valence-electron chi connectivity index (χ2n) is 5.88. The van der Waals surface area contributed by atoms with Gasteiger partial charge < -0.3 is 10.6 Å². The number of nitrogens with one attached hydrogen (secondary N) is 2. The van der Waals surface area contributed by atoms with Gasteiger partial charge in [-0.1, -0.05) is 65.9 Å². The highest BCUT2D eigenvalue weighted by atomic mass is 32.1. The van der Waals surface area contributed by atoms with Crippen LogP contribution in [0, 0.1) is 0 Å². The van der Waals surface area contributed by atoms with Crippen molar-refractivity contribution in [3.63, 3.8) is 0 Å². The average Bonchev–Trinajstić information content (AvgIpc) is 3.03. The number of hydrogen-bond acceptors (Lipinski definition) is 3. The Morgan fingerprint density at radius 3 is 2.64 bits per heavy atom. The molecule has 1 aromatic heterocycles. The van der Waals surface area contributed by atoms with Gasteiger partial charge in [0.25, 0.3) is 0 Å². The monoisotopic (exact) mass is 363 g/mol. The number of hydrogen-bond donors (Lipinski definition) is 2. The maximum atomic E-state index is 5.48. The maximum absolute atomic E-state index is 5.48. The summed E-state index contributed by atoms with van der Waals surface area (Å²) in [6.07, 6.45) is 0. The molecule has 5 heteroatoms. The Bertz CT molecular complexity index is 1020. The minimum absolute atomic E-state index is 0.0977. The normalized spacial score (nSPS) is 12.2. The average molecular weight is 364 g/mol. The summed E-state index contributed by atoms with van der Waals surface area (Å²) >= 11 is 7.09. The van der Waals surface area contributed by atoms with Gasteiger partial charge in [0.05, 0.1) is 16.3 Å². The lowest BCUT2D eigenvalue weighted by atomic mass is 10.00. The van der Waals surface area contributed by atoms with Crippen molar-refractivity contribution in [2.24, 2.45) is 0 Å². The molecule has 3 nitrogen and oxygen atoms in total. The van der Waals surface area contributed by atoms with Crippen LogP contribution in [0.3, 0.4) is 0 Å². The van der Waals surface area contributed by atoms with Crippen LogP contribution >= 0.6 is 23.6 Å². The molecule has 2 N–H and O–H groups in total. The Morgan fingerprint density at radius 2 is 1.76 bits per heavy atom. The molecule has 0 aliphatic heterocycles.